The third-order valence-electron chi connectivity index (χ3n) is 3.18. The van der Waals surface area contributed by atoms with E-state index in [4.69, 9.17) is 16.7 Å². The molecule has 0 bridgehead atoms. The van der Waals surface area contributed by atoms with E-state index in [1.807, 2.05) is 24.3 Å². The van der Waals surface area contributed by atoms with Gasteiger partial charge in [0, 0.05) is 35.0 Å². The van der Waals surface area contributed by atoms with E-state index in [2.05, 4.69) is 22.6 Å². The first-order valence-electron chi connectivity index (χ1n) is 6.77. The Bertz CT molecular complexity index is 523. The number of rotatable bonds is 7. The molecule has 0 fully saturated rings. The van der Waals surface area contributed by atoms with Crippen LogP contribution in [0.25, 0.3) is 11.3 Å². The van der Waals surface area contributed by atoms with Gasteiger partial charge >= 0.3 is 0 Å². The summed E-state index contributed by atoms with van der Waals surface area (Å²) >= 11 is 7.55. The van der Waals surface area contributed by atoms with Gasteiger partial charge in [0.15, 0.2) is 0 Å². The topological polar surface area (TPSA) is 45.1 Å². The number of thiazole rings is 1. The highest BCUT2D eigenvalue weighted by Gasteiger charge is 2.06. The lowest BCUT2D eigenvalue weighted by Crippen LogP contribution is -2.33. The highest BCUT2D eigenvalue weighted by atomic mass is 35.5. The van der Waals surface area contributed by atoms with Crippen molar-refractivity contribution >= 4 is 22.9 Å². The van der Waals surface area contributed by atoms with Gasteiger partial charge in [-0.05, 0) is 18.6 Å². The van der Waals surface area contributed by atoms with Gasteiger partial charge in [0.25, 0.3) is 0 Å². The highest BCUT2D eigenvalue weighted by molar-refractivity contribution is 7.09. The molecule has 0 aliphatic rings. The zero-order valence-electron chi connectivity index (χ0n) is 11.5. The summed E-state index contributed by atoms with van der Waals surface area (Å²) in [5.41, 5.74) is 2.09. The molecule has 1 heterocycles. The Kier molecular flexibility index (Phi) is 5.98. The Morgan fingerprint density at radius 3 is 2.75 bits per heavy atom. The number of nitrogens with one attached hydrogen (secondary N) is 1. The number of aliphatic hydroxyl groups excluding tert-OH is 1. The molecule has 0 radical (unpaired) electrons. The number of nitrogens with zero attached hydrogens (tertiary/aromatic N) is 1. The zero-order valence-corrected chi connectivity index (χ0v) is 13.0. The molecule has 2 aromatic rings. The van der Waals surface area contributed by atoms with Gasteiger partial charge in [0.05, 0.1) is 17.3 Å². The van der Waals surface area contributed by atoms with E-state index in [1.165, 1.54) is 0 Å². The van der Waals surface area contributed by atoms with Gasteiger partial charge in [-0.3, -0.25) is 0 Å². The van der Waals surface area contributed by atoms with Crippen molar-refractivity contribution in [1.29, 1.82) is 0 Å². The van der Waals surface area contributed by atoms with Crippen LogP contribution < -0.4 is 5.32 Å². The van der Waals surface area contributed by atoms with Crippen molar-refractivity contribution in [1.82, 2.24) is 10.3 Å². The molecule has 1 atom stereocenters. The second-order valence-corrected chi connectivity index (χ2v) is 6.00. The maximum absolute atomic E-state index is 9.11. The molecule has 0 saturated heterocycles. The van der Waals surface area contributed by atoms with Gasteiger partial charge in [-0.1, -0.05) is 30.7 Å². The number of hydrogen-bond donors (Lipinski definition) is 2. The first kappa shape index (κ1) is 15.4. The van der Waals surface area contributed by atoms with Crippen molar-refractivity contribution < 1.29 is 5.11 Å². The molecule has 108 valence electrons. The van der Waals surface area contributed by atoms with Crippen LogP contribution in [0, 0.1) is 0 Å². The Labute approximate surface area is 128 Å². The minimum absolute atomic E-state index is 0.185. The van der Waals surface area contributed by atoms with E-state index >= 15 is 0 Å². The maximum atomic E-state index is 9.11. The quantitative estimate of drug-likeness (QED) is 0.824. The first-order valence-corrected chi connectivity index (χ1v) is 8.03. The van der Waals surface area contributed by atoms with Gasteiger partial charge in [0.2, 0.25) is 0 Å². The fourth-order valence-electron chi connectivity index (χ4n) is 1.90. The molecule has 0 aliphatic carbocycles. The van der Waals surface area contributed by atoms with Crippen LogP contribution in [0.4, 0.5) is 0 Å². The summed E-state index contributed by atoms with van der Waals surface area (Å²) in [6.07, 6.45) is 1.82. The molecule has 0 spiro atoms. The minimum atomic E-state index is 0.185. The normalized spacial score (nSPS) is 12.6. The second kappa shape index (κ2) is 7.74. The zero-order chi connectivity index (χ0) is 14.4. The molecule has 20 heavy (non-hydrogen) atoms. The van der Waals surface area contributed by atoms with Crippen LogP contribution in [-0.2, 0) is 6.42 Å². The smallest absolute Gasteiger partial charge is 0.0945 e. The van der Waals surface area contributed by atoms with Crippen LogP contribution in [0.2, 0.25) is 5.02 Å². The fourth-order valence-corrected chi connectivity index (χ4v) is 2.83. The van der Waals surface area contributed by atoms with Gasteiger partial charge in [0.1, 0.15) is 0 Å². The summed E-state index contributed by atoms with van der Waals surface area (Å²) in [6, 6.07) is 7.91. The summed E-state index contributed by atoms with van der Waals surface area (Å²) in [5.74, 6) is 0. The largest absolute Gasteiger partial charge is 0.395 e. The maximum Gasteiger partial charge on any atom is 0.0945 e. The first-order chi connectivity index (χ1) is 9.72. The van der Waals surface area contributed by atoms with E-state index in [1.54, 1.807) is 11.3 Å². The van der Waals surface area contributed by atoms with Crippen LogP contribution in [-0.4, -0.2) is 29.3 Å². The van der Waals surface area contributed by atoms with Gasteiger partial charge in [-0.15, -0.1) is 11.3 Å². The minimum Gasteiger partial charge on any atom is -0.395 e. The number of aromatic nitrogens is 1. The Morgan fingerprint density at radius 1 is 1.35 bits per heavy atom. The van der Waals surface area contributed by atoms with Crippen LogP contribution in [0.3, 0.4) is 0 Å². The molecular weight excluding hydrogens is 292 g/mol. The Morgan fingerprint density at radius 2 is 2.10 bits per heavy atom. The van der Waals surface area contributed by atoms with Crippen LogP contribution in [0.15, 0.2) is 29.6 Å². The molecule has 3 nitrogen and oxygen atoms in total. The van der Waals surface area contributed by atoms with E-state index in [0.717, 1.165) is 40.7 Å². The van der Waals surface area contributed by atoms with Crippen LogP contribution in [0.5, 0.6) is 0 Å². The van der Waals surface area contributed by atoms with Crippen LogP contribution in [0.1, 0.15) is 18.4 Å². The molecule has 0 saturated carbocycles. The summed E-state index contributed by atoms with van der Waals surface area (Å²) in [5, 5.41) is 16.4. The molecule has 1 aromatic heterocycles. The average molecular weight is 311 g/mol. The van der Waals surface area contributed by atoms with Crippen molar-refractivity contribution in [3.8, 4) is 11.3 Å². The van der Waals surface area contributed by atoms with E-state index < -0.39 is 0 Å². The summed E-state index contributed by atoms with van der Waals surface area (Å²) in [6.45, 7) is 3.09. The lowest BCUT2D eigenvalue weighted by molar-refractivity contribution is 0.240. The number of hydrogen-bond acceptors (Lipinski definition) is 4. The van der Waals surface area contributed by atoms with Crippen molar-refractivity contribution in [3.05, 3.63) is 39.7 Å². The van der Waals surface area contributed by atoms with Crippen molar-refractivity contribution in [2.45, 2.75) is 25.8 Å². The lowest BCUT2D eigenvalue weighted by atomic mass is 10.2. The highest BCUT2D eigenvalue weighted by Crippen LogP contribution is 2.23. The summed E-state index contributed by atoms with van der Waals surface area (Å²) in [7, 11) is 0. The van der Waals surface area contributed by atoms with Gasteiger partial charge in [-0.25, -0.2) is 4.98 Å². The fraction of sp³-hybridized carbons (Fsp3) is 0.400. The van der Waals surface area contributed by atoms with Gasteiger partial charge in [-0.2, -0.15) is 0 Å². The second-order valence-electron chi connectivity index (χ2n) is 4.63. The summed E-state index contributed by atoms with van der Waals surface area (Å²) < 4.78 is 0. The standard InChI is InChI=1S/C15H19ClN2OS/c1-2-13(9-19)17-8-7-15-18-14(10-20-15)11-3-5-12(16)6-4-11/h3-6,10,13,17,19H,2,7-9H2,1H3. The predicted molar refractivity (Wildman–Crippen MR) is 85.4 cm³/mol. The third kappa shape index (κ3) is 4.28. The monoisotopic (exact) mass is 310 g/mol. The molecule has 2 rings (SSSR count). The van der Waals surface area contributed by atoms with Gasteiger partial charge < -0.3 is 10.4 Å². The number of aliphatic hydroxyl groups is 1. The Balaban J connectivity index is 1.90. The molecule has 2 N–H and O–H groups in total. The molecule has 1 unspecified atom stereocenters. The molecule has 5 heteroatoms. The number of benzene rings is 1. The van der Waals surface area contributed by atoms with E-state index in [9.17, 15) is 0 Å². The van der Waals surface area contributed by atoms with Crippen molar-refractivity contribution in [2.24, 2.45) is 0 Å². The predicted octanol–water partition coefficient (Wildman–Crippen LogP) is 3.37. The van der Waals surface area contributed by atoms with Crippen molar-refractivity contribution in [3.63, 3.8) is 0 Å². The molecule has 0 aliphatic heterocycles. The lowest BCUT2D eigenvalue weighted by Gasteiger charge is -2.12. The van der Waals surface area contributed by atoms with Crippen LogP contribution >= 0.6 is 22.9 Å². The molecule has 1 aromatic carbocycles. The summed E-state index contributed by atoms with van der Waals surface area (Å²) in [4.78, 5) is 4.63. The Hall–Kier alpha value is -0.940. The molecule has 0 amide bonds. The third-order valence-corrected chi connectivity index (χ3v) is 4.34. The van der Waals surface area contributed by atoms with E-state index in [-0.39, 0.29) is 12.6 Å². The number of halogens is 1. The SMILES string of the molecule is CCC(CO)NCCc1nc(-c2ccc(Cl)cc2)cs1. The van der Waals surface area contributed by atoms with Crippen molar-refractivity contribution in [2.75, 3.05) is 13.2 Å². The average Bonchev–Trinajstić information content (AvgIpc) is 2.93. The van der Waals surface area contributed by atoms with E-state index in [0.29, 0.717) is 0 Å². The molecular formula is C15H19ClN2OS.